The molecule has 1 aliphatic carbocycles. The summed E-state index contributed by atoms with van der Waals surface area (Å²) in [5.74, 6) is -0.810. The number of carboxylic acids is 1. The van der Waals surface area contributed by atoms with Gasteiger partial charge in [0.1, 0.15) is 17.6 Å². The van der Waals surface area contributed by atoms with Gasteiger partial charge in [-0.05, 0) is 12.8 Å². The van der Waals surface area contributed by atoms with Crippen molar-refractivity contribution in [1.29, 1.82) is 0 Å². The van der Waals surface area contributed by atoms with Gasteiger partial charge < -0.3 is 10.0 Å². The van der Waals surface area contributed by atoms with E-state index in [1.165, 1.54) is 18.9 Å². The molecule has 1 aromatic heterocycles. The van der Waals surface area contributed by atoms with Crippen LogP contribution < -0.4 is 4.90 Å². The van der Waals surface area contributed by atoms with Crippen molar-refractivity contribution in [2.45, 2.75) is 18.9 Å². The Labute approximate surface area is 121 Å². The third-order valence-electron chi connectivity index (χ3n) is 4.00. The fraction of sp³-hybridized carbons (Fsp3) is 0.538. The minimum absolute atomic E-state index is 0.311. The summed E-state index contributed by atoms with van der Waals surface area (Å²) >= 11 is 0. The summed E-state index contributed by atoms with van der Waals surface area (Å²) in [6.45, 7) is 3.37. The SMILES string of the molecule is O=C(O)c1cc(N2CCN(C3CC3)CC2)ncc1[N+](=O)[O-]. The zero-order chi connectivity index (χ0) is 15.0. The number of anilines is 1. The van der Waals surface area contributed by atoms with Gasteiger partial charge in [0.15, 0.2) is 0 Å². The van der Waals surface area contributed by atoms with Crippen molar-refractivity contribution in [2.24, 2.45) is 0 Å². The van der Waals surface area contributed by atoms with Gasteiger partial charge in [0.05, 0.1) is 4.92 Å². The van der Waals surface area contributed by atoms with Gasteiger partial charge in [0.2, 0.25) is 0 Å². The number of pyridine rings is 1. The van der Waals surface area contributed by atoms with E-state index >= 15 is 0 Å². The molecule has 8 heteroatoms. The van der Waals surface area contributed by atoms with Crippen LogP contribution in [0.3, 0.4) is 0 Å². The Balaban J connectivity index is 1.77. The maximum atomic E-state index is 11.2. The number of nitrogens with zero attached hydrogens (tertiary/aromatic N) is 4. The molecule has 0 amide bonds. The van der Waals surface area contributed by atoms with Crippen molar-refractivity contribution in [1.82, 2.24) is 9.88 Å². The van der Waals surface area contributed by atoms with Gasteiger partial charge >= 0.3 is 11.7 Å². The van der Waals surface area contributed by atoms with Crippen LogP contribution in [-0.2, 0) is 0 Å². The van der Waals surface area contributed by atoms with Crippen LogP contribution in [0.15, 0.2) is 12.3 Å². The lowest BCUT2D eigenvalue weighted by Crippen LogP contribution is -2.47. The number of nitro groups is 1. The van der Waals surface area contributed by atoms with Gasteiger partial charge in [-0.15, -0.1) is 0 Å². The van der Waals surface area contributed by atoms with Crippen LogP contribution in [0.4, 0.5) is 11.5 Å². The smallest absolute Gasteiger partial charge is 0.342 e. The van der Waals surface area contributed by atoms with E-state index in [0.717, 1.165) is 32.4 Å². The number of hydrogen-bond donors (Lipinski definition) is 1. The van der Waals surface area contributed by atoms with Crippen LogP contribution in [0.1, 0.15) is 23.2 Å². The number of rotatable bonds is 4. The summed E-state index contributed by atoms with van der Waals surface area (Å²) in [5.41, 5.74) is -0.780. The molecule has 3 rings (SSSR count). The van der Waals surface area contributed by atoms with Crippen LogP contribution in [0, 0.1) is 10.1 Å². The van der Waals surface area contributed by atoms with E-state index in [-0.39, 0.29) is 5.56 Å². The Morgan fingerprint density at radius 1 is 1.33 bits per heavy atom. The topological polar surface area (TPSA) is 99.8 Å². The second-order valence-electron chi connectivity index (χ2n) is 5.38. The second kappa shape index (κ2) is 5.28. The van der Waals surface area contributed by atoms with Crippen molar-refractivity contribution in [3.63, 3.8) is 0 Å². The predicted molar refractivity (Wildman–Crippen MR) is 74.7 cm³/mol. The summed E-state index contributed by atoms with van der Waals surface area (Å²) in [6.07, 6.45) is 3.56. The molecule has 2 fully saturated rings. The van der Waals surface area contributed by atoms with Gasteiger partial charge in [-0.2, -0.15) is 0 Å². The minimum atomic E-state index is -1.30. The van der Waals surface area contributed by atoms with E-state index in [0.29, 0.717) is 11.9 Å². The van der Waals surface area contributed by atoms with Gasteiger partial charge in [-0.1, -0.05) is 0 Å². The Hall–Kier alpha value is -2.22. The first-order chi connectivity index (χ1) is 10.1. The monoisotopic (exact) mass is 292 g/mol. The highest BCUT2D eigenvalue weighted by molar-refractivity contribution is 5.93. The van der Waals surface area contributed by atoms with Gasteiger partial charge in [0, 0.05) is 38.3 Å². The highest BCUT2D eigenvalue weighted by Gasteiger charge is 2.32. The molecule has 8 nitrogen and oxygen atoms in total. The first kappa shape index (κ1) is 13.7. The maximum absolute atomic E-state index is 11.2. The molecule has 0 aromatic carbocycles. The Kier molecular flexibility index (Phi) is 3.46. The zero-order valence-electron chi connectivity index (χ0n) is 11.4. The number of carbonyl (C=O) groups is 1. The molecule has 0 atom stereocenters. The van der Waals surface area contributed by atoms with Crippen molar-refractivity contribution < 1.29 is 14.8 Å². The lowest BCUT2D eigenvalue weighted by atomic mass is 10.2. The van der Waals surface area contributed by atoms with Crippen LogP contribution in [0.5, 0.6) is 0 Å². The Morgan fingerprint density at radius 3 is 2.52 bits per heavy atom. The molecule has 1 aromatic rings. The average molecular weight is 292 g/mol. The molecule has 0 unspecified atom stereocenters. The number of aromatic nitrogens is 1. The summed E-state index contributed by atoms with van der Waals surface area (Å²) in [4.78, 5) is 29.7. The molecular formula is C13H16N4O4. The van der Waals surface area contributed by atoms with E-state index in [4.69, 9.17) is 5.11 Å². The lowest BCUT2D eigenvalue weighted by Gasteiger charge is -2.35. The van der Waals surface area contributed by atoms with E-state index in [9.17, 15) is 14.9 Å². The molecule has 112 valence electrons. The highest BCUT2D eigenvalue weighted by atomic mass is 16.6. The quantitative estimate of drug-likeness (QED) is 0.652. The molecule has 2 aliphatic rings. The second-order valence-corrected chi connectivity index (χ2v) is 5.38. The Morgan fingerprint density at radius 2 is 2.00 bits per heavy atom. The molecule has 0 spiro atoms. The number of hydrogen-bond acceptors (Lipinski definition) is 6. The Bertz CT molecular complexity index is 580. The average Bonchev–Trinajstić information content (AvgIpc) is 3.31. The van der Waals surface area contributed by atoms with Gasteiger partial charge in [-0.3, -0.25) is 15.0 Å². The van der Waals surface area contributed by atoms with Crippen LogP contribution in [0.2, 0.25) is 0 Å². The van der Waals surface area contributed by atoms with Gasteiger partial charge in [0.25, 0.3) is 0 Å². The predicted octanol–water partition coefficient (Wildman–Crippen LogP) is 0.972. The molecule has 0 radical (unpaired) electrons. The zero-order valence-corrected chi connectivity index (χ0v) is 11.4. The molecule has 1 aliphatic heterocycles. The fourth-order valence-corrected chi connectivity index (χ4v) is 2.68. The fourth-order valence-electron chi connectivity index (χ4n) is 2.68. The molecule has 2 heterocycles. The van der Waals surface area contributed by atoms with E-state index in [2.05, 4.69) is 9.88 Å². The minimum Gasteiger partial charge on any atom is -0.477 e. The number of piperazine rings is 1. The van der Waals surface area contributed by atoms with Gasteiger partial charge in [-0.25, -0.2) is 9.78 Å². The van der Waals surface area contributed by atoms with Crippen molar-refractivity contribution >= 4 is 17.5 Å². The van der Waals surface area contributed by atoms with Crippen LogP contribution >= 0.6 is 0 Å². The molecular weight excluding hydrogens is 276 g/mol. The van der Waals surface area contributed by atoms with Crippen molar-refractivity contribution in [3.05, 3.63) is 27.9 Å². The number of aromatic carboxylic acids is 1. The van der Waals surface area contributed by atoms with Crippen molar-refractivity contribution in [3.8, 4) is 0 Å². The normalized spacial score (nSPS) is 19.5. The largest absolute Gasteiger partial charge is 0.477 e. The third kappa shape index (κ3) is 2.80. The highest BCUT2D eigenvalue weighted by Crippen LogP contribution is 2.29. The summed E-state index contributed by atoms with van der Waals surface area (Å²) in [6, 6.07) is 2.01. The molecule has 1 N–H and O–H groups in total. The molecule has 0 bridgehead atoms. The van der Waals surface area contributed by atoms with Crippen molar-refractivity contribution in [2.75, 3.05) is 31.1 Å². The summed E-state index contributed by atoms with van der Waals surface area (Å²) in [5, 5.41) is 19.9. The summed E-state index contributed by atoms with van der Waals surface area (Å²) < 4.78 is 0. The molecule has 21 heavy (non-hydrogen) atoms. The van der Waals surface area contributed by atoms with E-state index in [1.807, 2.05) is 4.90 Å². The first-order valence-electron chi connectivity index (χ1n) is 6.93. The molecule has 1 saturated heterocycles. The van der Waals surface area contributed by atoms with E-state index < -0.39 is 16.6 Å². The summed E-state index contributed by atoms with van der Waals surface area (Å²) in [7, 11) is 0. The van der Waals surface area contributed by atoms with Crippen LogP contribution in [0.25, 0.3) is 0 Å². The molecule has 1 saturated carbocycles. The van der Waals surface area contributed by atoms with E-state index in [1.54, 1.807) is 0 Å². The standard InChI is InChI=1S/C13H16N4O4/c18-13(19)10-7-12(14-8-11(10)17(20)21)16-5-3-15(4-6-16)9-1-2-9/h7-9H,1-6H2,(H,18,19). The third-order valence-corrected chi connectivity index (χ3v) is 4.00. The first-order valence-corrected chi connectivity index (χ1v) is 6.93. The lowest BCUT2D eigenvalue weighted by molar-refractivity contribution is -0.385. The van der Waals surface area contributed by atoms with Crippen LogP contribution in [-0.4, -0.2) is 58.1 Å². The maximum Gasteiger partial charge on any atom is 0.342 e. The number of carboxylic acid groups (broad SMARTS) is 1.